The summed E-state index contributed by atoms with van der Waals surface area (Å²) in [5.74, 6) is -0.190. The molecule has 6 heteroatoms. The average Bonchev–Trinajstić information content (AvgIpc) is 2.72. The lowest BCUT2D eigenvalue weighted by Gasteiger charge is -2.12. The molecule has 2 amide bonds. The zero-order valence-electron chi connectivity index (χ0n) is 19.6. The van der Waals surface area contributed by atoms with Crippen LogP contribution in [0.1, 0.15) is 97.8 Å². The Morgan fingerprint density at radius 3 is 1.90 bits per heavy atom. The van der Waals surface area contributed by atoms with E-state index in [-0.39, 0.29) is 22.8 Å². The number of benzene rings is 1. The fourth-order valence-electron chi connectivity index (χ4n) is 3.26. The van der Waals surface area contributed by atoms with Crippen LogP contribution >= 0.6 is 12.2 Å². The summed E-state index contributed by atoms with van der Waals surface area (Å²) in [4.78, 5) is 23.9. The van der Waals surface area contributed by atoms with E-state index in [0.29, 0.717) is 12.1 Å². The Balaban J connectivity index is 2.14. The normalized spacial score (nSPS) is 10.7. The van der Waals surface area contributed by atoms with Crippen LogP contribution in [0.25, 0.3) is 0 Å². The Hall–Kier alpha value is -1.95. The summed E-state index contributed by atoms with van der Waals surface area (Å²) in [6.07, 6.45) is 14.4. The van der Waals surface area contributed by atoms with Gasteiger partial charge in [-0.2, -0.15) is 0 Å². The van der Waals surface area contributed by atoms with Crippen molar-refractivity contribution in [3.05, 3.63) is 24.3 Å². The van der Waals surface area contributed by atoms with Gasteiger partial charge < -0.3 is 16.0 Å². The van der Waals surface area contributed by atoms with Crippen molar-refractivity contribution in [2.24, 2.45) is 5.92 Å². The zero-order chi connectivity index (χ0) is 22.9. The third-order valence-electron chi connectivity index (χ3n) is 5.17. The molecule has 0 bridgehead atoms. The van der Waals surface area contributed by atoms with Crippen molar-refractivity contribution in [3.8, 4) is 0 Å². The van der Waals surface area contributed by atoms with E-state index in [2.05, 4.69) is 22.9 Å². The minimum absolute atomic E-state index is 0.0417. The quantitative estimate of drug-likeness (QED) is 0.204. The second-order valence-corrected chi connectivity index (χ2v) is 8.92. The Morgan fingerprint density at radius 2 is 1.35 bits per heavy atom. The number of carbonyl (C=O) groups is 2. The fraction of sp³-hybridized carbons (Fsp3) is 0.640. The molecule has 0 saturated carbocycles. The van der Waals surface area contributed by atoms with Gasteiger partial charge in [0.05, 0.1) is 0 Å². The van der Waals surface area contributed by atoms with Crippen LogP contribution in [0.4, 0.5) is 11.4 Å². The lowest BCUT2D eigenvalue weighted by Crippen LogP contribution is -2.33. The van der Waals surface area contributed by atoms with Crippen molar-refractivity contribution in [1.29, 1.82) is 0 Å². The second kappa shape index (κ2) is 16.7. The van der Waals surface area contributed by atoms with Gasteiger partial charge in [-0.05, 0) is 36.8 Å². The van der Waals surface area contributed by atoms with E-state index in [4.69, 9.17) is 12.2 Å². The Morgan fingerprint density at radius 1 is 0.839 bits per heavy atom. The van der Waals surface area contributed by atoms with Gasteiger partial charge in [-0.1, -0.05) is 91.0 Å². The number of carbonyl (C=O) groups excluding carboxylic acids is 2. The molecule has 3 N–H and O–H groups in total. The van der Waals surface area contributed by atoms with Crippen molar-refractivity contribution >= 4 is 40.5 Å². The number of hydrogen-bond acceptors (Lipinski definition) is 3. The highest BCUT2D eigenvalue weighted by Crippen LogP contribution is 2.16. The first-order valence-electron chi connectivity index (χ1n) is 11.9. The van der Waals surface area contributed by atoms with Gasteiger partial charge in [-0.15, -0.1) is 0 Å². The molecule has 0 atom stereocenters. The third kappa shape index (κ3) is 13.9. The number of thiocarbonyl (C=S) groups is 1. The molecule has 0 aromatic heterocycles. The van der Waals surface area contributed by atoms with Crippen LogP contribution in [0.2, 0.25) is 0 Å². The van der Waals surface area contributed by atoms with E-state index in [0.717, 1.165) is 18.5 Å². The van der Waals surface area contributed by atoms with Crippen molar-refractivity contribution in [2.75, 3.05) is 10.6 Å². The number of anilines is 2. The van der Waals surface area contributed by atoms with Crippen LogP contribution in [0, 0.1) is 5.92 Å². The van der Waals surface area contributed by atoms with Crippen LogP contribution in [0.3, 0.4) is 0 Å². The summed E-state index contributed by atoms with van der Waals surface area (Å²) < 4.78 is 0. The molecular formula is C25H41N3O2S. The predicted molar refractivity (Wildman–Crippen MR) is 135 cm³/mol. The van der Waals surface area contributed by atoms with E-state index in [1.165, 1.54) is 57.8 Å². The molecule has 0 radical (unpaired) electrons. The maximum atomic E-state index is 12.1. The van der Waals surface area contributed by atoms with Crippen LogP contribution in [-0.2, 0) is 9.59 Å². The van der Waals surface area contributed by atoms with Gasteiger partial charge in [-0.25, -0.2) is 0 Å². The highest BCUT2D eigenvalue weighted by atomic mass is 32.1. The molecular weight excluding hydrogens is 406 g/mol. The van der Waals surface area contributed by atoms with E-state index < -0.39 is 0 Å². The van der Waals surface area contributed by atoms with E-state index in [1.54, 1.807) is 6.07 Å². The first kappa shape index (κ1) is 27.1. The molecule has 31 heavy (non-hydrogen) atoms. The van der Waals surface area contributed by atoms with Crippen LogP contribution < -0.4 is 16.0 Å². The lowest BCUT2D eigenvalue weighted by molar-refractivity contribution is -0.120. The second-order valence-electron chi connectivity index (χ2n) is 8.51. The Bertz CT molecular complexity index is 676. The lowest BCUT2D eigenvalue weighted by atomic mass is 10.1. The van der Waals surface area contributed by atoms with Crippen LogP contribution in [0.15, 0.2) is 24.3 Å². The third-order valence-corrected chi connectivity index (χ3v) is 5.38. The molecule has 5 nitrogen and oxygen atoms in total. The molecule has 0 fully saturated rings. The van der Waals surface area contributed by atoms with Gasteiger partial charge in [0.2, 0.25) is 11.8 Å². The van der Waals surface area contributed by atoms with Gasteiger partial charge in [0.15, 0.2) is 5.11 Å². The standard InChI is InChI=1S/C25H41N3O2S/c1-4-5-6-7-8-9-10-11-12-13-14-18-23(29)28-25(31)27-22-17-15-16-21(19-22)26-24(30)20(2)3/h15-17,19-20H,4-14,18H2,1-3H3,(H,26,30)(H2,27,28,29,31). The monoisotopic (exact) mass is 447 g/mol. The fourth-order valence-corrected chi connectivity index (χ4v) is 3.49. The number of hydrogen-bond donors (Lipinski definition) is 3. The molecule has 0 unspecified atom stereocenters. The zero-order valence-corrected chi connectivity index (χ0v) is 20.4. The topological polar surface area (TPSA) is 70.2 Å². The van der Waals surface area contributed by atoms with E-state index in [9.17, 15) is 9.59 Å². The molecule has 1 aromatic carbocycles. The van der Waals surface area contributed by atoms with Crippen molar-refractivity contribution in [1.82, 2.24) is 5.32 Å². The number of rotatable bonds is 15. The first-order valence-corrected chi connectivity index (χ1v) is 12.3. The Kier molecular flexibility index (Phi) is 14.6. The summed E-state index contributed by atoms with van der Waals surface area (Å²) in [5.41, 5.74) is 1.42. The van der Waals surface area contributed by atoms with Gasteiger partial charge >= 0.3 is 0 Å². The summed E-state index contributed by atoms with van der Waals surface area (Å²) in [6.45, 7) is 5.94. The van der Waals surface area contributed by atoms with Crippen molar-refractivity contribution in [3.63, 3.8) is 0 Å². The summed E-state index contributed by atoms with van der Waals surface area (Å²) in [5, 5.41) is 8.87. The maximum absolute atomic E-state index is 12.1. The molecule has 1 aromatic rings. The molecule has 0 heterocycles. The van der Waals surface area contributed by atoms with Gasteiger partial charge in [-0.3, -0.25) is 9.59 Å². The Labute approximate surface area is 194 Å². The number of nitrogens with one attached hydrogen (secondary N) is 3. The van der Waals surface area contributed by atoms with E-state index in [1.807, 2.05) is 32.0 Å². The van der Waals surface area contributed by atoms with Gasteiger partial charge in [0.25, 0.3) is 0 Å². The van der Waals surface area contributed by atoms with Crippen LogP contribution in [-0.4, -0.2) is 16.9 Å². The molecule has 0 aliphatic rings. The van der Waals surface area contributed by atoms with Crippen molar-refractivity contribution < 1.29 is 9.59 Å². The predicted octanol–water partition coefficient (Wildman–Crippen LogP) is 6.80. The van der Waals surface area contributed by atoms with Crippen molar-refractivity contribution in [2.45, 2.75) is 97.8 Å². The average molecular weight is 448 g/mol. The van der Waals surface area contributed by atoms with Crippen LogP contribution in [0.5, 0.6) is 0 Å². The molecule has 1 rings (SSSR count). The first-order chi connectivity index (χ1) is 14.9. The van der Waals surface area contributed by atoms with Gasteiger partial charge in [0, 0.05) is 23.7 Å². The minimum Gasteiger partial charge on any atom is -0.332 e. The SMILES string of the molecule is CCCCCCCCCCCCCC(=O)NC(=S)Nc1cccc(NC(=O)C(C)C)c1. The minimum atomic E-state index is -0.0903. The van der Waals surface area contributed by atoms with Gasteiger partial charge in [0.1, 0.15) is 0 Å². The summed E-state index contributed by atoms with van der Waals surface area (Å²) in [7, 11) is 0. The molecule has 0 saturated heterocycles. The molecule has 0 aliphatic heterocycles. The molecule has 0 aliphatic carbocycles. The van der Waals surface area contributed by atoms with E-state index >= 15 is 0 Å². The largest absolute Gasteiger partial charge is 0.332 e. The maximum Gasteiger partial charge on any atom is 0.226 e. The highest BCUT2D eigenvalue weighted by molar-refractivity contribution is 7.80. The molecule has 174 valence electrons. The highest BCUT2D eigenvalue weighted by Gasteiger charge is 2.08. The number of amides is 2. The number of unbranched alkanes of at least 4 members (excludes halogenated alkanes) is 10. The smallest absolute Gasteiger partial charge is 0.226 e. The molecule has 0 spiro atoms. The summed E-state index contributed by atoms with van der Waals surface area (Å²) in [6, 6.07) is 7.28. The summed E-state index contributed by atoms with van der Waals surface area (Å²) >= 11 is 5.24.